The lowest BCUT2D eigenvalue weighted by Gasteiger charge is -2.23. The Kier molecular flexibility index (Phi) is 4.06. The monoisotopic (exact) mass is 305 g/mol. The van der Waals surface area contributed by atoms with Crippen LogP contribution in [-0.4, -0.2) is 54.2 Å². The van der Waals surface area contributed by atoms with Gasteiger partial charge in [0.1, 0.15) is 0 Å². The number of carbonyl (C=O) groups excluding carboxylic acids is 1. The number of sulfonamides is 1. The first-order valence-electron chi connectivity index (χ1n) is 6.70. The molecule has 0 amide bonds. The molecule has 1 aliphatic carbocycles. The van der Waals surface area contributed by atoms with Crippen molar-refractivity contribution < 1.29 is 27.9 Å². The highest BCUT2D eigenvalue weighted by atomic mass is 32.2. The largest absolute Gasteiger partial charge is 0.481 e. The fraction of sp³-hybridized carbons (Fsp3) is 0.833. The minimum Gasteiger partial charge on any atom is -0.481 e. The Hall–Kier alpha value is -1.15. The van der Waals surface area contributed by atoms with Crippen LogP contribution in [0.5, 0.6) is 0 Å². The Morgan fingerprint density at radius 1 is 1.40 bits per heavy atom. The number of ether oxygens (including phenoxy) is 1. The second-order valence-electron chi connectivity index (χ2n) is 5.35. The van der Waals surface area contributed by atoms with E-state index >= 15 is 0 Å². The van der Waals surface area contributed by atoms with Crippen molar-refractivity contribution in [2.75, 3.05) is 19.7 Å². The molecular weight excluding hydrogens is 286 g/mol. The standard InChI is InChI=1S/C12H19NO6S/c1-2-19-10(14)7-12(4-5-12)20(17,18)13-6-3-9(8-13)11(15)16/h9H,2-8H2,1H3,(H,15,16). The summed E-state index contributed by atoms with van der Waals surface area (Å²) in [5, 5.41) is 8.93. The first-order chi connectivity index (χ1) is 9.32. The van der Waals surface area contributed by atoms with Crippen molar-refractivity contribution in [2.24, 2.45) is 5.92 Å². The number of carboxylic acid groups (broad SMARTS) is 1. The Morgan fingerprint density at radius 2 is 2.05 bits per heavy atom. The van der Waals surface area contributed by atoms with Crippen molar-refractivity contribution in [3.63, 3.8) is 0 Å². The van der Waals surface area contributed by atoms with Crippen LogP contribution in [0.2, 0.25) is 0 Å². The fourth-order valence-electron chi connectivity index (χ4n) is 2.56. The summed E-state index contributed by atoms with van der Waals surface area (Å²) in [5.41, 5.74) is 0. The van der Waals surface area contributed by atoms with E-state index in [-0.39, 0.29) is 26.1 Å². The van der Waals surface area contributed by atoms with Crippen LogP contribution in [0.1, 0.15) is 32.6 Å². The molecule has 1 aliphatic heterocycles. The van der Waals surface area contributed by atoms with E-state index < -0.39 is 32.6 Å². The van der Waals surface area contributed by atoms with Gasteiger partial charge in [-0.3, -0.25) is 9.59 Å². The molecule has 2 rings (SSSR count). The molecule has 0 radical (unpaired) electrons. The van der Waals surface area contributed by atoms with E-state index in [1.54, 1.807) is 6.92 Å². The highest BCUT2D eigenvalue weighted by Gasteiger charge is 2.59. The van der Waals surface area contributed by atoms with Crippen molar-refractivity contribution in [1.82, 2.24) is 4.31 Å². The maximum Gasteiger partial charge on any atom is 0.307 e. The summed E-state index contributed by atoms with van der Waals surface area (Å²) in [6.45, 7) is 2.11. The molecule has 1 atom stereocenters. The Morgan fingerprint density at radius 3 is 2.50 bits per heavy atom. The Bertz CT molecular complexity index is 510. The molecule has 1 saturated carbocycles. The van der Waals surface area contributed by atoms with Crippen LogP contribution in [0.3, 0.4) is 0 Å². The SMILES string of the molecule is CCOC(=O)CC1(S(=O)(=O)N2CCC(C(=O)O)C2)CC1. The minimum atomic E-state index is -3.64. The van der Waals surface area contributed by atoms with Crippen LogP contribution >= 0.6 is 0 Å². The van der Waals surface area contributed by atoms with Gasteiger partial charge in [-0.25, -0.2) is 12.7 Å². The highest BCUT2D eigenvalue weighted by Crippen LogP contribution is 2.49. The number of esters is 1. The zero-order valence-electron chi connectivity index (χ0n) is 11.4. The second kappa shape index (κ2) is 5.33. The molecule has 1 N–H and O–H groups in total. The van der Waals surface area contributed by atoms with Crippen molar-refractivity contribution >= 4 is 22.0 Å². The molecule has 1 heterocycles. The van der Waals surface area contributed by atoms with Gasteiger partial charge in [-0.1, -0.05) is 0 Å². The molecule has 1 unspecified atom stereocenters. The highest BCUT2D eigenvalue weighted by molar-refractivity contribution is 7.90. The number of nitrogens with zero attached hydrogens (tertiary/aromatic N) is 1. The number of hydrogen-bond acceptors (Lipinski definition) is 5. The van der Waals surface area contributed by atoms with E-state index in [2.05, 4.69) is 0 Å². The van der Waals surface area contributed by atoms with Gasteiger partial charge in [-0.15, -0.1) is 0 Å². The smallest absolute Gasteiger partial charge is 0.307 e. The average Bonchev–Trinajstić information content (AvgIpc) is 2.96. The number of aliphatic carboxylic acids is 1. The van der Waals surface area contributed by atoms with Crippen molar-refractivity contribution in [2.45, 2.75) is 37.4 Å². The molecule has 114 valence electrons. The summed E-state index contributed by atoms with van der Waals surface area (Å²) in [6, 6.07) is 0. The molecule has 7 nitrogen and oxygen atoms in total. The van der Waals surface area contributed by atoms with E-state index in [9.17, 15) is 18.0 Å². The second-order valence-corrected chi connectivity index (χ2v) is 7.68. The van der Waals surface area contributed by atoms with Crippen molar-refractivity contribution in [1.29, 1.82) is 0 Å². The average molecular weight is 305 g/mol. The molecule has 0 aromatic carbocycles. The van der Waals surface area contributed by atoms with Gasteiger partial charge in [0.05, 0.1) is 23.7 Å². The van der Waals surface area contributed by atoms with E-state index in [4.69, 9.17) is 9.84 Å². The first kappa shape index (κ1) is 15.2. The molecule has 2 aliphatic rings. The Labute approximate surface area is 117 Å². The third-order valence-corrected chi connectivity index (χ3v) is 6.63. The van der Waals surface area contributed by atoms with Gasteiger partial charge in [-0.05, 0) is 26.2 Å². The topological polar surface area (TPSA) is 101 Å². The Balaban J connectivity index is 2.07. The van der Waals surface area contributed by atoms with Gasteiger partial charge < -0.3 is 9.84 Å². The molecule has 0 bridgehead atoms. The van der Waals surface area contributed by atoms with Crippen LogP contribution in [0.15, 0.2) is 0 Å². The van der Waals surface area contributed by atoms with Crippen LogP contribution in [-0.2, 0) is 24.3 Å². The zero-order valence-corrected chi connectivity index (χ0v) is 12.2. The lowest BCUT2D eigenvalue weighted by atomic mass is 10.1. The summed E-state index contributed by atoms with van der Waals surface area (Å²) in [5.74, 6) is -2.14. The summed E-state index contributed by atoms with van der Waals surface area (Å²) >= 11 is 0. The van der Waals surface area contributed by atoms with E-state index in [1.165, 1.54) is 4.31 Å². The first-order valence-corrected chi connectivity index (χ1v) is 8.14. The molecule has 8 heteroatoms. The third kappa shape index (κ3) is 2.67. The molecular formula is C12H19NO6S. The number of hydrogen-bond donors (Lipinski definition) is 1. The maximum absolute atomic E-state index is 12.6. The minimum absolute atomic E-state index is 0.00222. The predicted octanol–water partition coefficient (Wildman–Crippen LogP) is 0.209. The van der Waals surface area contributed by atoms with Crippen molar-refractivity contribution in [3.05, 3.63) is 0 Å². The molecule has 2 fully saturated rings. The van der Waals surface area contributed by atoms with Gasteiger partial charge in [0.15, 0.2) is 0 Å². The molecule has 20 heavy (non-hydrogen) atoms. The molecule has 0 spiro atoms. The third-order valence-electron chi connectivity index (χ3n) is 3.97. The van der Waals surface area contributed by atoms with Crippen LogP contribution in [0.4, 0.5) is 0 Å². The van der Waals surface area contributed by atoms with Gasteiger partial charge in [-0.2, -0.15) is 0 Å². The number of carbonyl (C=O) groups is 2. The summed E-state index contributed by atoms with van der Waals surface area (Å²) < 4.78 is 30.1. The maximum atomic E-state index is 12.6. The van der Waals surface area contributed by atoms with E-state index in [0.29, 0.717) is 19.3 Å². The predicted molar refractivity (Wildman–Crippen MR) is 69.5 cm³/mol. The summed E-state index contributed by atoms with van der Waals surface area (Å²) in [4.78, 5) is 22.4. The molecule has 1 saturated heterocycles. The lowest BCUT2D eigenvalue weighted by molar-refractivity contribution is -0.143. The van der Waals surface area contributed by atoms with E-state index in [0.717, 1.165) is 0 Å². The molecule has 0 aromatic rings. The van der Waals surface area contributed by atoms with Gasteiger partial charge in [0.25, 0.3) is 0 Å². The zero-order chi connectivity index (χ0) is 15.0. The number of rotatable bonds is 6. The fourth-order valence-corrected chi connectivity index (χ4v) is 4.75. The quantitative estimate of drug-likeness (QED) is 0.704. The summed E-state index contributed by atoms with van der Waals surface area (Å²) in [7, 11) is -3.64. The van der Waals surface area contributed by atoms with Crippen molar-refractivity contribution in [3.8, 4) is 0 Å². The molecule has 0 aromatic heterocycles. The summed E-state index contributed by atoms with van der Waals surface area (Å²) in [6.07, 6.45) is 1.05. The van der Waals surface area contributed by atoms with Crippen LogP contribution in [0.25, 0.3) is 0 Å². The van der Waals surface area contributed by atoms with Gasteiger partial charge in [0, 0.05) is 13.1 Å². The number of carboxylic acids is 1. The van der Waals surface area contributed by atoms with Gasteiger partial charge in [0.2, 0.25) is 10.0 Å². The normalized spacial score (nSPS) is 25.4. The van der Waals surface area contributed by atoms with Gasteiger partial charge >= 0.3 is 11.9 Å². The van der Waals surface area contributed by atoms with E-state index in [1.807, 2.05) is 0 Å². The lowest BCUT2D eigenvalue weighted by Crippen LogP contribution is -2.40. The van der Waals surface area contributed by atoms with Crippen LogP contribution < -0.4 is 0 Å². The van der Waals surface area contributed by atoms with Crippen LogP contribution in [0, 0.1) is 5.92 Å².